The highest BCUT2D eigenvalue weighted by Crippen LogP contribution is 2.26. The van der Waals surface area contributed by atoms with Gasteiger partial charge in [-0.2, -0.15) is 0 Å². The van der Waals surface area contributed by atoms with E-state index in [-0.39, 0.29) is 6.04 Å². The number of nitrogens with two attached hydrogens (primary N) is 1. The van der Waals surface area contributed by atoms with Gasteiger partial charge in [0.2, 0.25) is 5.91 Å². The number of carbonyl (C=O) groups is 1. The van der Waals surface area contributed by atoms with E-state index < -0.39 is 5.91 Å². The van der Waals surface area contributed by atoms with Crippen LogP contribution in [0.25, 0.3) is 0 Å². The van der Waals surface area contributed by atoms with E-state index >= 15 is 0 Å². The van der Waals surface area contributed by atoms with E-state index in [1.807, 2.05) is 18.2 Å². The number of rotatable bonds is 6. The smallest absolute Gasteiger partial charge is 0.250 e. The number of nitrogens with zero attached hydrogens (tertiary/aromatic N) is 3. The van der Waals surface area contributed by atoms with Gasteiger partial charge in [-0.1, -0.05) is 41.9 Å². The number of anilines is 1. The minimum atomic E-state index is -0.539. The topological polar surface area (TPSA) is 74.5 Å². The van der Waals surface area contributed by atoms with Gasteiger partial charge in [0.25, 0.3) is 0 Å². The Kier molecular flexibility index (Phi) is 6.08. The molecule has 3 N–H and O–H groups in total. The molecule has 1 aliphatic heterocycles. The van der Waals surface area contributed by atoms with Crippen molar-refractivity contribution in [3.63, 3.8) is 0 Å². The second kappa shape index (κ2) is 8.49. The van der Waals surface area contributed by atoms with Gasteiger partial charge in [-0.25, -0.2) is 4.98 Å². The van der Waals surface area contributed by atoms with Gasteiger partial charge < -0.3 is 16.0 Å². The monoisotopic (exact) mass is 373 g/mol. The molecule has 2 aromatic rings. The van der Waals surface area contributed by atoms with Gasteiger partial charge in [0.05, 0.1) is 16.6 Å². The number of likely N-dealkylation sites (N-methyl/N-ethyl adjacent to an activating group) is 1. The van der Waals surface area contributed by atoms with Crippen molar-refractivity contribution in [2.75, 3.05) is 45.1 Å². The molecule has 0 spiro atoms. The molecular weight excluding hydrogens is 350 g/mol. The zero-order chi connectivity index (χ0) is 18.5. The molecule has 0 aliphatic carbocycles. The molecule has 1 unspecified atom stereocenters. The lowest BCUT2D eigenvalue weighted by molar-refractivity contribution is 0.1000. The second-order valence-corrected chi connectivity index (χ2v) is 7.04. The van der Waals surface area contributed by atoms with Crippen LogP contribution in [-0.2, 0) is 0 Å². The Labute approximate surface area is 158 Å². The molecular formula is C19H24ClN5O. The standard InChI is InChI=1S/C19H24ClN5O/c1-24-7-9-25(10-8-24)13-17(14-5-3-2-4-6-14)23-19-16(20)11-15(12-22-19)18(21)26/h2-6,11-12,17H,7-10,13H2,1H3,(H2,21,26)(H,22,23). The Morgan fingerprint density at radius 1 is 1.27 bits per heavy atom. The number of benzene rings is 1. The van der Waals surface area contributed by atoms with Crippen molar-refractivity contribution in [2.24, 2.45) is 5.73 Å². The van der Waals surface area contributed by atoms with Gasteiger partial charge in [0, 0.05) is 38.9 Å². The molecule has 26 heavy (non-hydrogen) atoms. The average Bonchev–Trinajstić information content (AvgIpc) is 2.65. The van der Waals surface area contributed by atoms with Gasteiger partial charge in [0.1, 0.15) is 5.82 Å². The first-order chi connectivity index (χ1) is 12.5. The van der Waals surface area contributed by atoms with Crippen molar-refractivity contribution in [2.45, 2.75) is 6.04 Å². The number of aromatic nitrogens is 1. The number of nitrogens with one attached hydrogen (secondary N) is 1. The molecule has 1 aromatic heterocycles. The third-order valence-corrected chi connectivity index (χ3v) is 4.96. The Hall–Kier alpha value is -2.15. The fraction of sp³-hybridized carbons (Fsp3) is 0.368. The van der Waals surface area contributed by atoms with Crippen molar-refractivity contribution in [1.82, 2.24) is 14.8 Å². The predicted molar refractivity (Wildman–Crippen MR) is 105 cm³/mol. The molecule has 0 radical (unpaired) electrons. The number of pyridine rings is 1. The van der Waals surface area contributed by atoms with E-state index in [9.17, 15) is 4.79 Å². The lowest BCUT2D eigenvalue weighted by atomic mass is 10.1. The van der Waals surface area contributed by atoms with Crippen LogP contribution in [0.15, 0.2) is 42.6 Å². The van der Waals surface area contributed by atoms with Crippen molar-refractivity contribution in [1.29, 1.82) is 0 Å². The summed E-state index contributed by atoms with van der Waals surface area (Å²) in [6.45, 7) is 5.04. The van der Waals surface area contributed by atoms with E-state index in [0.717, 1.165) is 32.7 Å². The zero-order valence-electron chi connectivity index (χ0n) is 14.9. The van der Waals surface area contributed by atoms with Gasteiger partial charge in [-0.3, -0.25) is 9.69 Å². The summed E-state index contributed by atoms with van der Waals surface area (Å²) < 4.78 is 0. The first-order valence-electron chi connectivity index (χ1n) is 8.70. The maximum atomic E-state index is 11.3. The molecule has 7 heteroatoms. The third-order valence-electron chi connectivity index (χ3n) is 4.68. The minimum Gasteiger partial charge on any atom is -0.366 e. The summed E-state index contributed by atoms with van der Waals surface area (Å²) in [5, 5.41) is 3.83. The summed E-state index contributed by atoms with van der Waals surface area (Å²) in [5.41, 5.74) is 6.76. The first-order valence-corrected chi connectivity index (χ1v) is 9.08. The molecule has 1 atom stereocenters. The van der Waals surface area contributed by atoms with Crippen LogP contribution >= 0.6 is 11.6 Å². The molecule has 1 fully saturated rings. The van der Waals surface area contributed by atoms with Crippen molar-refractivity contribution in [3.05, 3.63) is 58.7 Å². The Bertz CT molecular complexity index is 747. The molecule has 3 rings (SSSR count). The summed E-state index contributed by atoms with van der Waals surface area (Å²) in [7, 11) is 2.15. The average molecular weight is 374 g/mol. The zero-order valence-corrected chi connectivity index (χ0v) is 15.6. The number of hydrogen-bond acceptors (Lipinski definition) is 5. The lowest BCUT2D eigenvalue weighted by Crippen LogP contribution is -2.46. The summed E-state index contributed by atoms with van der Waals surface area (Å²) in [5.74, 6) is 0.0163. The molecule has 1 saturated heterocycles. The van der Waals surface area contributed by atoms with Crippen molar-refractivity contribution < 1.29 is 4.79 Å². The van der Waals surface area contributed by atoms with Crippen LogP contribution in [0.2, 0.25) is 5.02 Å². The van der Waals surface area contributed by atoms with Gasteiger partial charge in [-0.05, 0) is 18.7 Å². The van der Waals surface area contributed by atoms with E-state index in [1.165, 1.54) is 11.8 Å². The Morgan fingerprint density at radius 3 is 2.58 bits per heavy atom. The predicted octanol–water partition coefficient (Wildman–Crippen LogP) is 2.23. The molecule has 138 valence electrons. The summed E-state index contributed by atoms with van der Waals surface area (Å²) in [4.78, 5) is 20.4. The summed E-state index contributed by atoms with van der Waals surface area (Å²) in [6.07, 6.45) is 1.45. The maximum Gasteiger partial charge on any atom is 0.250 e. The molecule has 0 saturated carbocycles. The van der Waals surface area contributed by atoms with Crippen LogP contribution in [0, 0.1) is 0 Å². The molecule has 1 aromatic carbocycles. The van der Waals surface area contributed by atoms with Crippen LogP contribution < -0.4 is 11.1 Å². The van der Waals surface area contributed by atoms with Gasteiger partial charge in [-0.15, -0.1) is 0 Å². The molecule has 6 nitrogen and oxygen atoms in total. The van der Waals surface area contributed by atoms with Crippen molar-refractivity contribution >= 4 is 23.3 Å². The Balaban J connectivity index is 1.79. The number of halogens is 1. The highest BCUT2D eigenvalue weighted by molar-refractivity contribution is 6.33. The van der Waals surface area contributed by atoms with Crippen LogP contribution in [0.5, 0.6) is 0 Å². The SMILES string of the molecule is CN1CCN(CC(Nc2ncc(C(N)=O)cc2Cl)c2ccccc2)CC1. The fourth-order valence-electron chi connectivity index (χ4n) is 3.05. The molecule has 0 bridgehead atoms. The highest BCUT2D eigenvalue weighted by atomic mass is 35.5. The Morgan fingerprint density at radius 2 is 1.96 bits per heavy atom. The van der Waals surface area contributed by atoms with Crippen LogP contribution in [0.4, 0.5) is 5.82 Å². The van der Waals surface area contributed by atoms with Gasteiger partial charge in [0.15, 0.2) is 0 Å². The minimum absolute atomic E-state index is 0.0454. The molecule has 1 amide bonds. The highest BCUT2D eigenvalue weighted by Gasteiger charge is 2.21. The number of carbonyl (C=O) groups excluding carboxylic acids is 1. The first kappa shape index (κ1) is 18.6. The van der Waals surface area contributed by atoms with E-state index in [1.54, 1.807) is 6.07 Å². The largest absolute Gasteiger partial charge is 0.366 e. The maximum absolute atomic E-state index is 11.3. The van der Waals surface area contributed by atoms with E-state index in [0.29, 0.717) is 16.4 Å². The van der Waals surface area contributed by atoms with Crippen LogP contribution in [-0.4, -0.2) is 60.5 Å². The van der Waals surface area contributed by atoms with Gasteiger partial charge >= 0.3 is 0 Å². The molecule has 1 aliphatic rings. The number of piperazine rings is 1. The number of amides is 1. The summed E-state index contributed by atoms with van der Waals surface area (Å²) in [6, 6.07) is 11.8. The number of hydrogen-bond donors (Lipinski definition) is 2. The number of primary amides is 1. The summed E-state index contributed by atoms with van der Waals surface area (Å²) >= 11 is 6.31. The van der Waals surface area contributed by atoms with Crippen LogP contribution in [0.1, 0.15) is 22.0 Å². The lowest BCUT2D eigenvalue weighted by Gasteiger charge is -2.35. The van der Waals surface area contributed by atoms with E-state index in [4.69, 9.17) is 17.3 Å². The second-order valence-electron chi connectivity index (χ2n) is 6.63. The van der Waals surface area contributed by atoms with E-state index in [2.05, 4.69) is 39.3 Å². The third kappa shape index (κ3) is 4.72. The van der Waals surface area contributed by atoms with Crippen LogP contribution in [0.3, 0.4) is 0 Å². The molecule has 2 heterocycles. The fourth-order valence-corrected chi connectivity index (χ4v) is 3.27. The normalized spacial score (nSPS) is 17.0. The van der Waals surface area contributed by atoms with Crippen molar-refractivity contribution in [3.8, 4) is 0 Å². The quantitative estimate of drug-likeness (QED) is 0.812.